The van der Waals surface area contributed by atoms with Crippen molar-refractivity contribution in [1.82, 2.24) is 16.0 Å². The van der Waals surface area contributed by atoms with Crippen molar-refractivity contribution in [3.8, 4) is 5.75 Å². The number of aliphatic imine (C=N–C) groups is 1. The number of hydrogen-bond donors (Lipinski definition) is 3. The lowest BCUT2D eigenvalue weighted by atomic mass is 10.3. The number of amides is 1. The summed E-state index contributed by atoms with van der Waals surface area (Å²) in [5, 5.41) is 8.69. The molecule has 1 unspecified atom stereocenters. The molecule has 0 saturated heterocycles. The fraction of sp³-hybridized carbons (Fsp3) is 0.333. The average molecular weight is 362 g/mol. The summed E-state index contributed by atoms with van der Waals surface area (Å²) in [5.41, 5.74) is 0. The summed E-state index contributed by atoms with van der Waals surface area (Å²) in [4.78, 5) is 15.9. The molecule has 1 amide bonds. The Balaban J connectivity index is 1.67. The Morgan fingerprint density at radius 3 is 2.81 bits per heavy atom. The first-order chi connectivity index (χ1) is 12.6. The summed E-state index contributed by atoms with van der Waals surface area (Å²) in [5.74, 6) is 1.07. The molecule has 1 heterocycles. The molecule has 7 nitrogen and oxygen atoms in total. The number of rotatable bonds is 8. The normalized spacial score (nSPS) is 12.3. The second-order valence-electron chi connectivity index (χ2n) is 5.55. The summed E-state index contributed by atoms with van der Waals surface area (Å²) in [6, 6.07) is 9.51. The molecule has 2 rings (SSSR count). The predicted octanol–water partition coefficient (Wildman–Crippen LogP) is 1.67. The fourth-order valence-corrected chi connectivity index (χ4v) is 2.10. The smallest absolute Gasteiger partial charge is 0.239 e. The van der Waals surface area contributed by atoms with Crippen molar-refractivity contribution in [2.75, 3.05) is 20.1 Å². The van der Waals surface area contributed by atoms with Gasteiger partial charge in [0.25, 0.3) is 0 Å². The number of guanidine groups is 1. The SMILES string of the molecule is CN=C(NCC(=O)NCc1ccco1)NCC(C)Oc1cccc(F)c1. The maximum Gasteiger partial charge on any atom is 0.239 e. The van der Waals surface area contributed by atoms with Crippen molar-refractivity contribution in [2.24, 2.45) is 4.99 Å². The van der Waals surface area contributed by atoms with Gasteiger partial charge in [0.1, 0.15) is 23.4 Å². The maximum atomic E-state index is 13.1. The number of carbonyl (C=O) groups excluding carboxylic acids is 1. The number of halogens is 1. The van der Waals surface area contributed by atoms with E-state index in [4.69, 9.17) is 9.15 Å². The second-order valence-corrected chi connectivity index (χ2v) is 5.55. The van der Waals surface area contributed by atoms with Crippen LogP contribution in [-0.4, -0.2) is 38.1 Å². The molecule has 1 aromatic carbocycles. The molecule has 0 bridgehead atoms. The summed E-state index contributed by atoms with van der Waals surface area (Å²) < 4.78 is 23.9. The monoisotopic (exact) mass is 362 g/mol. The largest absolute Gasteiger partial charge is 0.489 e. The van der Waals surface area contributed by atoms with E-state index in [-0.39, 0.29) is 24.4 Å². The molecule has 0 aliphatic rings. The van der Waals surface area contributed by atoms with Crippen LogP contribution in [0.25, 0.3) is 0 Å². The van der Waals surface area contributed by atoms with Crippen LogP contribution >= 0.6 is 0 Å². The predicted molar refractivity (Wildman–Crippen MR) is 96.4 cm³/mol. The van der Waals surface area contributed by atoms with Gasteiger partial charge in [0.15, 0.2) is 5.96 Å². The first kappa shape index (κ1) is 19.3. The van der Waals surface area contributed by atoms with Crippen LogP contribution in [0.2, 0.25) is 0 Å². The number of hydrogen-bond acceptors (Lipinski definition) is 4. The minimum Gasteiger partial charge on any atom is -0.489 e. The molecule has 1 atom stereocenters. The van der Waals surface area contributed by atoms with E-state index < -0.39 is 0 Å². The number of benzene rings is 1. The van der Waals surface area contributed by atoms with E-state index in [0.29, 0.717) is 30.6 Å². The highest BCUT2D eigenvalue weighted by molar-refractivity contribution is 5.86. The Morgan fingerprint density at radius 1 is 1.27 bits per heavy atom. The number of nitrogens with zero attached hydrogens (tertiary/aromatic N) is 1. The standard InChI is InChI=1S/C18H23FN4O3/c1-13(26-15-6-3-5-14(19)9-15)10-22-18(20-2)23-12-17(24)21-11-16-7-4-8-25-16/h3-9,13H,10-12H2,1-2H3,(H,21,24)(H2,20,22,23). The molecular formula is C18H23FN4O3. The summed E-state index contributed by atoms with van der Waals surface area (Å²) in [6.45, 7) is 2.68. The zero-order valence-electron chi connectivity index (χ0n) is 14.8. The lowest BCUT2D eigenvalue weighted by molar-refractivity contribution is -0.120. The molecule has 2 aromatic rings. The number of carbonyl (C=O) groups is 1. The fourth-order valence-electron chi connectivity index (χ4n) is 2.10. The van der Waals surface area contributed by atoms with Crippen molar-refractivity contribution >= 4 is 11.9 Å². The van der Waals surface area contributed by atoms with Crippen molar-refractivity contribution in [3.63, 3.8) is 0 Å². The zero-order valence-corrected chi connectivity index (χ0v) is 14.8. The molecule has 3 N–H and O–H groups in total. The van der Waals surface area contributed by atoms with Crippen LogP contribution in [0.1, 0.15) is 12.7 Å². The number of ether oxygens (including phenoxy) is 1. The van der Waals surface area contributed by atoms with Gasteiger partial charge >= 0.3 is 0 Å². The molecule has 0 aliphatic heterocycles. The third-order valence-electron chi connectivity index (χ3n) is 3.37. The highest BCUT2D eigenvalue weighted by Crippen LogP contribution is 2.13. The van der Waals surface area contributed by atoms with Gasteiger partial charge in [-0.3, -0.25) is 9.79 Å². The van der Waals surface area contributed by atoms with Crippen LogP contribution in [0.3, 0.4) is 0 Å². The van der Waals surface area contributed by atoms with E-state index in [9.17, 15) is 9.18 Å². The molecule has 0 fully saturated rings. The molecule has 140 valence electrons. The lowest BCUT2D eigenvalue weighted by Gasteiger charge is -2.17. The Kier molecular flexibility index (Phi) is 7.48. The number of nitrogens with one attached hydrogen (secondary N) is 3. The Bertz CT molecular complexity index is 719. The topological polar surface area (TPSA) is 87.9 Å². The minimum absolute atomic E-state index is 0.0690. The van der Waals surface area contributed by atoms with Crippen molar-refractivity contribution in [3.05, 3.63) is 54.2 Å². The van der Waals surface area contributed by atoms with Gasteiger partial charge in [0, 0.05) is 13.1 Å². The molecule has 0 aliphatic carbocycles. The van der Waals surface area contributed by atoms with E-state index in [1.807, 2.05) is 6.92 Å². The van der Waals surface area contributed by atoms with E-state index in [1.165, 1.54) is 12.1 Å². The van der Waals surface area contributed by atoms with Gasteiger partial charge in [-0.15, -0.1) is 0 Å². The van der Waals surface area contributed by atoms with Gasteiger partial charge in [-0.1, -0.05) is 6.07 Å². The van der Waals surface area contributed by atoms with Gasteiger partial charge in [-0.25, -0.2) is 4.39 Å². The zero-order chi connectivity index (χ0) is 18.8. The molecule has 8 heteroatoms. The lowest BCUT2D eigenvalue weighted by Crippen LogP contribution is -2.45. The van der Waals surface area contributed by atoms with E-state index in [2.05, 4.69) is 20.9 Å². The summed E-state index contributed by atoms with van der Waals surface area (Å²) in [6.07, 6.45) is 1.33. The highest BCUT2D eigenvalue weighted by Gasteiger charge is 2.08. The van der Waals surface area contributed by atoms with E-state index in [0.717, 1.165) is 0 Å². The third kappa shape index (κ3) is 6.84. The van der Waals surface area contributed by atoms with Crippen LogP contribution in [0, 0.1) is 5.82 Å². The van der Waals surface area contributed by atoms with Gasteiger partial charge in [-0.05, 0) is 31.2 Å². The van der Waals surface area contributed by atoms with Crippen LogP contribution in [0.4, 0.5) is 4.39 Å². The Morgan fingerprint density at radius 2 is 2.12 bits per heavy atom. The molecule has 1 aromatic heterocycles. The number of furan rings is 1. The molecular weight excluding hydrogens is 339 g/mol. The molecule has 0 spiro atoms. The average Bonchev–Trinajstić information content (AvgIpc) is 3.13. The second kappa shape index (κ2) is 10.1. The van der Waals surface area contributed by atoms with Crippen molar-refractivity contribution in [1.29, 1.82) is 0 Å². The molecule has 26 heavy (non-hydrogen) atoms. The van der Waals surface area contributed by atoms with Gasteiger partial charge < -0.3 is 25.1 Å². The Labute approximate surface area is 151 Å². The first-order valence-corrected chi connectivity index (χ1v) is 8.22. The Hall–Kier alpha value is -3.03. The van der Waals surface area contributed by atoms with Crippen molar-refractivity contribution < 1.29 is 18.3 Å². The summed E-state index contributed by atoms with van der Waals surface area (Å²) in [7, 11) is 1.61. The maximum absolute atomic E-state index is 13.1. The van der Waals surface area contributed by atoms with E-state index >= 15 is 0 Å². The highest BCUT2D eigenvalue weighted by atomic mass is 19.1. The van der Waals surface area contributed by atoms with Crippen LogP contribution in [0.15, 0.2) is 52.1 Å². The molecule has 0 saturated carbocycles. The molecule has 0 radical (unpaired) electrons. The van der Waals surface area contributed by atoms with Crippen LogP contribution in [-0.2, 0) is 11.3 Å². The minimum atomic E-state index is -0.347. The van der Waals surface area contributed by atoms with Gasteiger partial charge in [0.05, 0.1) is 25.9 Å². The van der Waals surface area contributed by atoms with Gasteiger partial charge in [-0.2, -0.15) is 0 Å². The van der Waals surface area contributed by atoms with Gasteiger partial charge in [0.2, 0.25) is 5.91 Å². The van der Waals surface area contributed by atoms with Crippen LogP contribution < -0.4 is 20.7 Å². The third-order valence-corrected chi connectivity index (χ3v) is 3.37. The summed E-state index contributed by atoms with van der Waals surface area (Å²) >= 11 is 0. The van der Waals surface area contributed by atoms with Crippen molar-refractivity contribution in [2.45, 2.75) is 19.6 Å². The first-order valence-electron chi connectivity index (χ1n) is 8.22. The quantitative estimate of drug-likeness (QED) is 0.491. The van der Waals surface area contributed by atoms with E-state index in [1.54, 1.807) is 37.6 Å². The van der Waals surface area contributed by atoms with Crippen LogP contribution in [0.5, 0.6) is 5.75 Å².